The number of carbonyl (C=O) groups excluding carboxylic acids is 2. The van der Waals surface area contributed by atoms with Crippen LogP contribution in [0.5, 0.6) is 0 Å². The number of rotatable bonds is 12. The van der Waals surface area contributed by atoms with E-state index in [-0.39, 0.29) is 23.4 Å². The number of halogens is 1. The van der Waals surface area contributed by atoms with Crippen molar-refractivity contribution in [2.45, 2.75) is 57.5 Å². The van der Waals surface area contributed by atoms with E-state index in [0.29, 0.717) is 17.1 Å². The average molecular weight is 570 g/mol. The predicted octanol–water partition coefficient (Wildman–Crippen LogP) is 5.22. The quantitative estimate of drug-likeness (QED) is 0.324. The Bertz CT molecular complexity index is 1350. The lowest BCUT2D eigenvalue weighted by Crippen LogP contribution is -2.53. The van der Waals surface area contributed by atoms with E-state index >= 15 is 0 Å². The third kappa shape index (κ3) is 8.07. The number of nitrogens with zero attached hydrogens (tertiary/aromatic N) is 2. The standard InChI is InChI=1S/C30H36ClN3O4S/c1-5-23(3)32-30(36)24(4)33(20-19-25-9-7-6-8-10-25)29(35)21-34(27-15-13-26(31)14-16-27)39(37,38)28-17-11-22(2)12-18-28/h6-18,23-24H,5,19-21H2,1-4H3,(H,32,36)/t23-,24+/m1/s1. The maximum atomic E-state index is 13.9. The maximum absolute atomic E-state index is 13.9. The molecular formula is C30H36ClN3O4S. The normalized spacial score (nSPS) is 12.8. The molecule has 0 bridgehead atoms. The molecule has 7 nitrogen and oxygen atoms in total. The van der Waals surface area contributed by atoms with Crippen molar-refractivity contribution < 1.29 is 18.0 Å². The van der Waals surface area contributed by atoms with Gasteiger partial charge in [0.1, 0.15) is 12.6 Å². The highest BCUT2D eigenvalue weighted by Gasteiger charge is 2.32. The van der Waals surface area contributed by atoms with Crippen LogP contribution in [-0.2, 0) is 26.0 Å². The lowest BCUT2D eigenvalue weighted by Gasteiger charge is -2.32. The number of hydrogen-bond acceptors (Lipinski definition) is 4. The minimum Gasteiger partial charge on any atom is -0.352 e. The van der Waals surface area contributed by atoms with Gasteiger partial charge in [-0.15, -0.1) is 0 Å². The van der Waals surface area contributed by atoms with Crippen molar-refractivity contribution in [1.29, 1.82) is 0 Å². The number of anilines is 1. The summed E-state index contributed by atoms with van der Waals surface area (Å²) >= 11 is 6.06. The van der Waals surface area contributed by atoms with Crippen molar-refractivity contribution in [3.8, 4) is 0 Å². The summed E-state index contributed by atoms with van der Waals surface area (Å²) in [6.07, 6.45) is 1.26. The molecule has 2 amide bonds. The first-order chi connectivity index (χ1) is 18.5. The molecule has 0 aliphatic carbocycles. The zero-order chi connectivity index (χ0) is 28.6. The minimum atomic E-state index is -4.11. The molecule has 0 aliphatic rings. The molecule has 0 heterocycles. The lowest BCUT2D eigenvalue weighted by molar-refractivity contribution is -0.139. The number of sulfonamides is 1. The van der Waals surface area contributed by atoms with Gasteiger partial charge in [-0.25, -0.2) is 8.42 Å². The van der Waals surface area contributed by atoms with Gasteiger partial charge in [-0.2, -0.15) is 0 Å². The number of nitrogens with one attached hydrogen (secondary N) is 1. The van der Waals surface area contributed by atoms with Crippen molar-refractivity contribution in [1.82, 2.24) is 10.2 Å². The molecular weight excluding hydrogens is 534 g/mol. The van der Waals surface area contributed by atoms with Gasteiger partial charge < -0.3 is 10.2 Å². The summed E-state index contributed by atoms with van der Waals surface area (Å²) < 4.78 is 28.7. The van der Waals surface area contributed by atoms with Gasteiger partial charge >= 0.3 is 0 Å². The van der Waals surface area contributed by atoms with Crippen LogP contribution in [0.15, 0.2) is 83.8 Å². The molecule has 39 heavy (non-hydrogen) atoms. The Balaban J connectivity index is 1.96. The summed E-state index contributed by atoms with van der Waals surface area (Å²) in [6, 6.07) is 21.5. The van der Waals surface area contributed by atoms with E-state index in [9.17, 15) is 18.0 Å². The van der Waals surface area contributed by atoms with Crippen LogP contribution in [0.4, 0.5) is 5.69 Å². The van der Waals surface area contributed by atoms with Crippen LogP contribution in [0.3, 0.4) is 0 Å². The molecule has 0 radical (unpaired) electrons. The van der Waals surface area contributed by atoms with E-state index in [1.54, 1.807) is 43.3 Å². The van der Waals surface area contributed by atoms with Crippen LogP contribution < -0.4 is 9.62 Å². The van der Waals surface area contributed by atoms with Gasteiger partial charge in [-0.3, -0.25) is 13.9 Å². The summed E-state index contributed by atoms with van der Waals surface area (Å²) in [6.45, 7) is 7.17. The molecule has 0 saturated heterocycles. The fourth-order valence-electron chi connectivity index (χ4n) is 4.01. The summed E-state index contributed by atoms with van der Waals surface area (Å²) in [5, 5.41) is 3.38. The molecule has 0 saturated carbocycles. The molecule has 0 aliphatic heterocycles. The lowest BCUT2D eigenvalue weighted by atomic mass is 10.1. The second kappa shape index (κ2) is 13.6. The van der Waals surface area contributed by atoms with E-state index < -0.39 is 28.5 Å². The van der Waals surface area contributed by atoms with Gasteiger partial charge in [0.15, 0.2) is 0 Å². The van der Waals surface area contributed by atoms with Crippen LogP contribution in [-0.4, -0.2) is 50.3 Å². The predicted molar refractivity (Wildman–Crippen MR) is 156 cm³/mol. The highest BCUT2D eigenvalue weighted by Crippen LogP contribution is 2.26. The Morgan fingerprint density at radius 3 is 2.13 bits per heavy atom. The third-order valence-corrected chi connectivity index (χ3v) is 8.70. The fourth-order valence-corrected chi connectivity index (χ4v) is 5.55. The van der Waals surface area contributed by atoms with Crippen molar-refractivity contribution >= 4 is 39.1 Å². The van der Waals surface area contributed by atoms with Crippen LogP contribution >= 0.6 is 11.6 Å². The summed E-state index contributed by atoms with van der Waals surface area (Å²) in [4.78, 5) is 28.4. The van der Waals surface area contributed by atoms with Crippen LogP contribution in [0.2, 0.25) is 5.02 Å². The Kier molecular flexibility index (Phi) is 10.5. The van der Waals surface area contributed by atoms with Crippen LogP contribution in [0.1, 0.15) is 38.3 Å². The second-order valence-corrected chi connectivity index (χ2v) is 11.9. The number of carbonyl (C=O) groups is 2. The van der Waals surface area contributed by atoms with Crippen LogP contribution in [0.25, 0.3) is 0 Å². The molecule has 0 fully saturated rings. The first-order valence-electron chi connectivity index (χ1n) is 13.0. The fraction of sp³-hybridized carbons (Fsp3) is 0.333. The highest BCUT2D eigenvalue weighted by atomic mass is 35.5. The summed E-state index contributed by atoms with van der Waals surface area (Å²) in [5.41, 5.74) is 2.22. The Labute approximate surface area is 236 Å². The first-order valence-corrected chi connectivity index (χ1v) is 14.8. The van der Waals surface area contributed by atoms with Crippen molar-refractivity contribution in [3.63, 3.8) is 0 Å². The highest BCUT2D eigenvalue weighted by molar-refractivity contribution is 7.92. The second-order valence-electron chi connectivity index (χ2n) is 9.62. The maximum Gasteiger partial charge on any atom is 0.264 e. The molecule has 2 atom stereocenters. The van der Waals surface area contributed by atoms with E-state index in [4.69, 9.17) is 11.6 Å². The van der Waals surface area contributed by atoms with Gasteiger partial charge in [0.2, 0.25) is 11.8 Å². The van der Waals surface area contributed by atoms with Crippen LogP contribution in [0, 0.1) is 6.92 Å². The van der Waals surface area contributed by atoms with Gasteiger partial charge in [0.05, 0.1) is 10.6 Å². The molecule has 0 unspecified atom stereocenters. The van der Waals surface area contributed by atoms with E-state index in [1.807, 2.05) is 51.1 Å². The number of hydrogen-bond donors (Lipinski definition) is 1. The van der Waals surface area contributed by atoms with Crippen molar-refractivity contribution in [2.75, 3.05) is 17.4 Å². The van der Waals surface area contributed by atoms with Crippen molar-refractivity contribution in [2.24, 2.45) is 0 Å². The third-order valence-electron chi connectivity index (χ3n) is 6.65. The molecule has 3 aromatic carbocycles. The summed E-state index contributed by atoms with van der Waals surface area (Å²) in [5.74, 6) is -0.770. The monoisotopic (exact) mass is 569 g/mol. The SMILES string of the molecule is CC[C@@H](C)NC(=O)[C@H](C)N(CCc1ccccc1)C(=O)CN(c1ccc(Cl)cc1)S(=O)(=O)c1ccc(C)cc1. The van der Waals surface area contributed by atoms with Gasteiger partial charge in [0, 0.05) is 17.6 Å². The number of aryl methyl sites for hydroxylation is 1. The largest absolute Gasteiger partial charge is 0.352 e. The van der Waals surface area contributed by atoms with Crippen molar-refractivity contribution in [3.05, 3.63) is 95.0 Å². The van der Waals surface area contributed by atoms with Gasteiger partial charge in [-0.1, -0.05) is 66.6 Å². The molecule has 208 valence electrons. The average Bonchev–Trinajstić information content (AvgIpc) is 2.93. The Morgan fingerprint density at radius 1 is 0.923 bits per heavy atom. The van der Waals surface area contributed by atoms with E-state index in [2.05, 4.69) is 5.32 Å². The number of amides is 2. The topological polar surface area (TPSA) is 86.8 Å². The molecule has 0 spiro atoms. The molecule has 3 rings (SSSR count). The molecule has 1 N–H and O–H groups in total. The summed E-state index contributed by atoms with van der Waals surface area (Å²) in [7, 11) is -4.11. The minimum absolute atomic E-state index is 0.0569. The smallest absolute Gasteiger partial charge is 0.264 e. The van der Waals surface area contributed by atoms with E-state index in [0.717, 1.165) is 21.9 Å². The zero-order valence-electron chi connectivity index (χ0n) is 22.8. The van der Waals surface area contributed by atoms with E-state index in [1.165, 1.54) is 17.0 Å². The van der Waals surface area contributed by atoms with Gasteiger partial charge in [0.25, 0.3) is 10.0 Å². The zero-order valence-corrected chi connectivity index (χ0v) is 24.4. The molecule has 3 aromatic rings. The Hall–Kier alpha value is -3.36. The molecule has 0 aromatic heterocycles. The Morgan fingerprint density at radius 2 is 1.54 bits per heavy atom. The first kappa shape index (κ1) is 30.2. The molecule has 9 heteroatoms. The van der Waals surface area contributed by atoms with Gasteiger partial charge in [-0.05, 0) is 75.6 Å². The number of benzene rings is 3.